The quantitative estimate of drug-likeness (QED) is 0.520. The van der Waals surface area contributed by atoms with Crippen LogP contribution in [-0.2, 0) is 4.79 Å². The average Bonchev–Trinajstić information content (AvgIpc) is 2.96. The monoisotopic (exact) mass is 393 g/mol. The number of fused-ring (bicyclic) bond motifs is 1. The zero-order valence-corrected chi connectivity index (χ0v) is 14.8. The van der Waals surface area contributed by atoms with E-state index in [4.69, 9.17) is 0 Å². The molecule has 1 N–H and O–H groups in total. The molecule has 0 saturated heterocycles. The number of halogens is 1. The molecule has 1 atom stereocenters. The van der Waals surface area contributed by atoms with Crippen LogP contribution in [0.1, 0.15) is 6.92 Å². The van der Waals surface area contributed by atoms with Gasteiger partial charge in [0.25, 0.3) is 0 Å². The summed E-state index contributed by atoms with van der Waals surface area (Å²) in [5.41, 5.74) is 1.69. The van der Waals surface area contributed by atoms with Crippen LogP contribution in [-0.4, -0.2) is 21.1 Å². The molecule has 2 aromatic heterocycles. The van der Waals surface area contributed by atoms with Gasteiger partial charge in [0.1, 0.15) is 11.4 Å². The van der Waals surface area contributed by atoms with Crippen LogP contribution in [0.15, 0.2) is 51.5 Å². The minimum absolute atomic E-state index is 0.0496. The van der Waals surface area contributed by atoms with Gasteiger partial charge in [-0.1, -0.05) is 33.8 Å². The van der Waals surface area contributed by atoms with Crippen molar-refractivity contribution in [2.75, 3.05) is 5.32 Å². The number of hydrogen-bond acceptors (Lipinski definition) is 5. The van der Waals surface area contributed by atoms with E-state index in [1.54, 1.807) is 11.3 Å². The van der Waals surface area contributed by atoms with Crippen LogP contribution in [0.4, 0.5) is 5.69 Å². The normalized spacial score (nSPS) is 12.3. The molecule has 0 aliphatic heterocycles. The van der Waals surface area contributed by atoms with Crippen molar-refractivity contribution in [1.29, 1.82) is 0 Å². The lowest BCUT2D eigenvalue weighted by Crippen LogP contribution is -2.22. The van der Waals surface area contributed by atoms with Gasteiger partial charge in [-0.25, -0.2) is 9.97 Å². The van der Waals surface area contributed by atoms with Crippen molar-refractivity contribution in [1.82, 2.24) is 9.97 Å². The topological polar surface area (TPSA) is 54.9 Å². The number of thiophene rings is 1. The second kappa shape index (κ2) is 6.76. The first-order chi connectivity index (χ1) is 10.6. The molecule has 0 aliphatic rings. The van der Waals surface area contributed by atoms with Gasteiger partial charge < -0.3 is 5.32 Å². The Morgan fingerprint density at radius 1 is 1.36 bits per heavy atom. The third-order valence-corrected chi connectivity index (χ3v) is 5.59. The summed E-state index contributed by atoms with van der Waals surface area (Å²) in [5, 5.41) is 5.49. The largest absolute Gasteiger partial charge is 0.325 e. The maximum Gasteiger partial charge on any atom is 0.237 e. The second-order valence-electron chi connectivity index (χ2n) is 4.57. The number of carbonyl (C=O) groups excluding carboxylic acids is 1. The van der Waals surface area contributed by atoms with Gasteiger partial charge in [0.15, 0.2) is 0 Å². The number of nitrogens with one attached hydrogen (secondary N) is 1. The van der Waals surface area contributed by atoms with Gasteiger partial charge in [-0.05, 0) is 36.6 Å². The smallest absolute Gasteiger partial charge is 0.237 e. The first-order valence-electron chi connectivity index (χ1n) is 6.55. The fourth-order valence-corrected chi connectivity index (χ4v) is 4.12. The molecule has 0 spiro atoms. The number of aromatic nitrogens is 2. The van der Waals surface area contributed by atoms with Crippen LogP contribution in [0, 0.1) is 0 Å². The lowest BCUT2D eigenvalue weighted by molar-refractivity contribution is -0.115. The zero-order chi connectivity index (χ0) is 15.5. The average molecular weight is 394 g/mol. The van der Waals surface area contributed by atoms with E-state index in [1.807, 2.05) is 42.6 Å². The molecule has 0 fully saturated rings. The summed E-state index contributed by atoms with van der Waals surface area (Å²) >= 11 is 6.43. The van der Waals surface area contributed by atoms with Crippen LogP contribution in [0.3, 0.4) is 0 Å². The number of carbonyl (C=O) groups is 1. The van der Waals surface area contributed by atoms with Gasteiger partial charge in [0.2, 0.25) is 5.91 Å². The summed E-state index contributed by atoms with van der Waals surface area (Å²) in [5.74, 6) is -0.0496. The molecule has 0 aliphatic carbocycles. The minimum Gasteiger partial charge on any atom is -0.325 e. The lowest BCUT2D eigenvalue weighted by atomic mass is 10.3. The van der Waals surface area contributed by atoms with Crippen molar-refractivity contribution < 1.29 is 4.79 Å². The summed E-state index contributed by atoms with van der Waals surface area (Å²) in [6.07, 6.45) is 1.54. The molecule has 1 aromatic carbocycles. The van der Waals surface area contributed by atoms with E-state index in [0.29, 0.717) is 0 Å². The van der Waals surface area contributed by atoms with Gasteiger partial charge in [-0.3, -0.25) is 4.79 Å². The highest BCUT2D eigenvalue weighted by atomic mass is 79.9. The minimum atomic E-state index is -0.251. The van der Waals surface area contributed by atoms with Crippen molar-refractivity contribution in [2.45, 2.75) is 17.2 Å². The molecule has 4 nitrogen and oxygen atoms in total. The van der Waals surface area contributed by atoms with Crippen LogP contribution in [0.5, 0.6) is 0 Å². The molecule has 2 heterocycles. The molecular formula is C15H12BrN3OS2. The lowest BCUT2D eigenvalue weighted by Gasteiger charge is -2.12. The molecule has 1 unspecified atom stereocenters. The Labute approximate surface area is 144 Å². The summed E-state index contributed by atoms with van der Waals surface area (Å²) in [7, 11) is 0. The molecule has 3 rings (SSSR count). The van der Waals surface area contributed by atoms with Gasteiger partial charge >= 0.3 is 0 Å². The number of hydrogen-bond donors (Lipinski definition) is 1. The van der Waals surface area contributed by atoms with Crippen LogP contribution >= 0.6 is 39.0 Å². The third-order valence-electron chi connectivity index (χ3n) is 2.96. The van der Waals surface area contributed by atoms with E-state index in [-0.39, 0.29) is 11.2 Å². The molecule has 7 heteroatoms. The molecule has 0 saturated carbocycles. The fourth-order valence-electron chi connectivity index (χ4n) is 1.88. The number of rotatable bonds is 4. The first-order valence-corrected chi connectivity index (χ1v) is 9.10. The van der Waals surface area contributed by atoms with Crippen LogP contribution in [0.25, 0.3) is 10.2 Å². The maximum atomic E-state index is 12.3. The van der Waals surface area contributed by atoms with E-state index in [0.717, 1.165) is 25.4 Å². The Balaban J connectivity index is 1.72. The number of thioether (sulfide) groups is 1. The highest BCUT2D eigenvalue weighted by Crippen LogP contribution is 2.31. The van der Waals surface area contributed by atoms with Crippen molar-refractivity contribution in [2.24, 2.45) is 0 Å². The summed E-state index contributed by atoms with van der Waals surface area (Å²) in [6, 6.07) is 9.50. The Hall–Kier alpha value is -1.44. The van der Waals surface area contributed by atoms with E-state index in [9.17, 15) is 4.79 Å². The first kappa shape index (κ1) is 15.5. The Morgan fingerprint density at radius 2 is 2.23 bits per heavy atom. The van der Waals surface area contributed by atoms with Crippen molar-refractivity contribution in [3.63, 3.8) is 0 Å². The summed E-state index contributed by atoms with van der Waals surface area (Å²) in [4.78, 5) is 20.8. The van der Waals surface area contributed by atoms with Gasteiger partial charge in [-0.2, -0.15) is 0 Å². The van der Waals surface area contributed by atoms with Crippen LogP contribution < -0.4 is 5.32 Å². The van der Waals surface area contributed by atoms with Crippen molar-refractivity contribution in [3.8, 4) is 0 Å². The molecule has 3 aromatic rings. The van der Waals surface area contributed by atoms with E-state index >= 15 is 0 Å². The summed E-state index contributed by atoms with van der Waals surface area (Å²) < 4.78 is 1.95. The standard InChI is InChI=1S/C15H12BrN3OS2/c1-9(14(20)19-11-4-2-3-10(16)7-11)22-15-13-12(5-6-21-13)17-8-18-15/h2-9H,1H3,(H,19,20). The number of amides is 1. The Morgan fingerprint density at radius 3 is 3.05 bits per heavy atom. The predicted molar refractivity (Wildman–Crippen MR) is 95.5 cm³/mol. The SMILES string of the molecule is CC(Sc1ncnc2ccsc12)C(=O)Nc1cccc(Br)c1. The predicted octanol–water partition coefficient (Wildman–Crippen LogP) is 4.57. The van der Waals surface area contributed by atoms with E-state index in [2.05, 4.69) is 31.2 Å². The van der Waals surface area contributed by atoms with E-state index < -0.39 is 0 Å². The second-order valence-corrected chi connectivity index (χ2v) is 7.73. The fraction of sp³-hybridized carbons (Fsp3) is 0.133. The summed E-state index contributed by atoms with van der Waals surface area (Å²) in [6.45, 7) is 1.87. The number of nitrogens with zero attached hydrogens (tertiary/aromatic N) is 2. The third kappa shape index (κ3) is 3.48. The highest BCUT2D eigenvalue weighted by molar-refractivity contribution is 9.10. The molecule has 112 valence electrons. The maximum absolute atomic E-state index is 12.3. The molecule has 1 amide bonds. The number of anilines is 1. The molecular weight excluding hydrogens is 382 g/mol. The van der Waals surface area contributed by atoms with Gasteiger partial charge in [0, 0.05) is 10.2 Å². The Kier molecular flexibility index (Phi) is 4.75. The van der Waals surface area contributed by atoms with E-state index in [1.165, 1.54) is 18.1 Å². The van der Waals surface area contributed by atoms with Gasteiger partial charge in [-0.15, -0.1) is 11.3 Å². The molecule has 0 bridgehead atoms. The van der Waals surface area contributed by atoms with Gasteiger partial charge in [0.05, 0.1) is 15.5 Å². The highest BCUT2D eigenvalue weighted by Gasteiger charge is 2.17. The molecule has 0 radical (unpaired) electrons. The Bertz CT molecular complexity index is 821. The molecule has 22 heavy (non-hydrogen) atoms. The van der Waals surface area contributed by atoms with Crippen molar-refractivity contribution >= 4 is 60.8 Å². The number of benzene rings is 1. The van der Waals surface area contributed by atoms with Crippen LogP contribution in [0.2, 0.25) is 0 Å². The van der Waals surface area contributed by atoms with Crippen molar-refractivity contribution in [3.05, 3.63) is 46.5 Å². The zero-order valence-electron chi connectivity index (χ0n) is 11.6.